The second-order valence-corrected chi connectivity index (χ2v) is 5.62. The highest BCUT2D eigenvalue weighted by atomic mass is 16.5. The molecule has 0 spiro atoms. The third kappa shape index (κ3) is 2.67. The van der Waals surface area contributed by atoms with Crippen molar-refractivity contribution in [2.24, 2.45) is 0 Å². The molecule has 0 atom stereocenters. The normalized spacial score (nSPS) is 12.1. The van der Waals surface area contributed by atoms with Crippen LogP contribution in [0, 0.1) is 6.92 Å². The Morgan fingerprint density at radius 1 is 1.28 bits per heavy atom. The van der Waals surface area contributed by atoms with Crippen molar-refractivity contribution >= 4 is 11.0 Å². The Labute approximate surface area is 108 Å². The van der Waals surface area contributed by atoms with Crippen molar-refractivity contribution in [3.05, 3.63) is 29.5 Å². The zero-order valence-electron chi connectivity index (χ0n) is 11.8. The maximum Gasteiger partial charge on any atom is 0.138 e. The van der Waals surface area contributed by atoms with Crippen molar-refractivity contribution in [1.29, 1.82) is 0 Å². The van der Waals surface area contributed by atoms with Gasteiger partial charge in [-0.1, -0.05) is 0 Å². The summed E-state index contributed by atoms with van der Waals surface area (Å²) in [6, 6.07) is 5.95. The summed E-state index contributed by atoms with van der Waals surface area (Å²) in [7, 11) is 1.67. The summed E-state index contributed by atoms with van der Waals surface area (Å²) in [6.45, 7) is 9.28. The van der Waals surface area contributed by atoms with Gasteiger partial charge in [0.05, 0.1) is 13.7 Å². The number of ether oxygens (including phenoxy) is 1. The number of furan rings is 1. The van der Waals surface area contributed by atoms with Crippen LogP contribution in [0.15, 0.2) is 22.6 Å². The molecule has 0 aliphatic carbocycles. The van der Waals surface area contributed by atoms with E-state index in [1.165, 1.54) is 5.56 Å². The maximum atomic E-state index is 5.89. The molecule has 3 nitrogen and oxygen atoms in total. The molecule has 0 aliphatic rings. The summed E-state index contributed by atoms with van der Waals surface area (Å²) in [5, 5.41) is 4.60. The van der Waals surface area contributed by atoms with Crippen molar-refractivity contribution in [2.45, 2.75) is 39.8 Å². The lowest BCUT2D eigenvalue weighted by atomic mass is 10.1. The predicted molar refractivity (Wildman–Crippen MR) is 74.1 cm³/mol. The average molecular weight is 247 g/mol. The minimum Gasteiger partial charge on any atom is -0.497 e. The Bertz CT molecular complexity index is 549. The van der Waals surface area contributed by atoms with Gasteiger partial charge in [0.1, 0.15) is 17.1 Å². The molecule has 0 bridgehead atoms. The van der Waals surface area contributed by atoms with Gasteiger partial charge in [0, 0.05) is 17.0 Å². The van der Waals surface area contributed by atoms with Gasteiger partial charge in [0.15, 0.2) is 0 Å². The first kappa shape index (κ1) is 13.0. The molecule has 3 heteroatoms. The molecule has 2 rings (SSSR count). The van der Waals surface area contributed by atoms with E-state index in [2.05, 4.69) is 33.0 Å². The minimum absolute atomic E-state index is 0.0864. The van der Waals surface area contributed by atoms with Gasteiger partial charge in [-0.05, 0) is 45.4 Å². The first-order valence-electron chi connectivity index (χ1n) is 6.22. The monoisotopic (exact) mass is 247 g/mol. The molecule has 1 N–H and O–H groups in total. The molecule has 0 amide bonds. The molecule has 0 fully saturated rings. The van der Waals surface area contributed by atoms with Gasteiger partial charge >= 0.3 is 0 Å². The minimum atomic E-state index is 0.0864. The van der Waals surface area contributed by atoms with Crippen LogP contribution in [0.4, 0.5) is 0 Å². The van der Waals surface area contributed by atoms with Gasteiger partial charge in [0.25, 0.3) is 0 Å². The van der Waals surface area contributed by atoms with Crippen molar-refractivity contribution in [3.63, 3.8) is 0 Å². The third-order valence-corrected chi connectivity index (χ3v) is 3.02. The van der Waals surface area contributed by atoms with Gasteiger partial charge in [-0.25, -0.2) is 0 Å². The quantitative estimate of drug-likeness (QED) is 0.899. The van der Waals surface area contributed by atoms with Crippen LogP contribution in [0.5, 0.6) is 5.75 Å². The SMILES string of the molecule is COc1ccc2c(C)c(CNC(C)(C)C)oc2c1. The molecule has 0 saturated carbocycles. The van der Waals surface area contributed by atoms with Crippen molar-refractivity contribution < 1.29 is 9.15 Å². The summed E-state index contributed by atoms with van der Waals surface area (Å²) in [6.07, 6.45) is 0. The molecule has 0 unspecified atom stereocenters. The van der Waals surface area contributed by atoms with Crippen LogP contribution in [0.2, 0.25) is 0 Å². The van der Waals surface area contributed by atoms with Gasteiger partial charge in [0.2, 0.25) is 0 Å². The number of hydrogen-bond acceptors (Lipinski definition) is 3. The van der Waals surface area contributed by atoms with Crippen LogP contribution < -0.4 is 10.1 Å². The van der Waals surface area contributed by atoms with Crippen LogP contribution in [0.3, 0.4) is 0 Å². The highest BCUT2D eigenvalue weighted by molar-refractivity contribution is 5.83. The molecule has 2 aromatic rings. The smallest absolute Gasteiger partial charge is 0.138 e. The van der Waals surface area contributed by atoms with Crippen molar-refractivity contribution in [3.8, 4) is 5.75 Å². The van der Waals surface area contributed by atoms with Crippen molar-refractivity contribution in [1.82, 2.24) is 5.32 Å². The number of fused-ring (bicyclic) bond motifs is 1. The molecule has 98 valence electrons. The second-order valence-electron chi connectivity index (χ2n) is 5.62. The predicted octanol–water partition coefficient (Wildman–Crippen LogP) is 3.64. The number of nitrogens with one attached hydrogen (secondary N) is 1. The largest absolute Gasteiger partial charge is 0.497 e. The Morgan fingerprint density at radius 3 is 2.61 bits per heavy atom. The second kappa shape index (κ2) is 4.65. The first-order chi connectivity index (χ1) is 8.40. The van der Waals surface area contributed by atoms with Gasteiger partial charge < -0.3 is 14.5 Å². The van der Waals surface area contributed by atoms with Crippen LogP contribution in [-0.4, -0.2) is 12.6 Å². The van der Waals surface area contributed by atoms with Crippen LogP contribution in [0.1, 0.15) is 32.1 Å². The van der Waals surface area contributed by atoms with Crippen LogP contribution in [-0.2, 0) is 6.54 Å². The molecule has 1 aromatic carbocycles. The fourth-order valence-corrected chi connectivity index (χ4v) is 1.90. The molecule has 18 heavy (non-hydrogen) atoms. The molecule has 0 saturated heterocycles. The molecule has 0 aliphatic heterocycles. The number of methoxy groups -OCH3 is 1. The topological polar surface area (TPSA) is 34.4 Å². The first-order valence-corrected chi connectivity index (χ1v) is 6.22. The van der Waals surface area contributed by atoms with E-state index < -0.39 is 0 Å². The van der Waals surface area contributed by atoms with E-state index in [9.17, 15) is 0 Å². The van der Waals surface area contributed by atoms with E-state index in [0.29, 0.717) is 0 Å². The third-order valence-electron chi connectivity index (χ3n) is 3.02. The summed E-state index contributed by atoms with van der Waals surface area (Å²) in [4.78, 5) is 0. The van der Waals surface area contributed by atoms with E-state index >= 15 is 0 Å². The lowest BCUT2D eigenvalue weighted by Crippen LogP contribution is -2.35. The van der Waals surface area contributed by atoms with Crippen LogP contribution in [0.25, 0.3) is 11.0 Å². The van der Waals surface area contributed by atoms with E-state index in [1.807, 2.05) is 18.2 Å². The molecule has 1 heterocycles. The Kier molecular flexibility index (Phi) is 3.35. The maximum absolute atomic E-state index is 5.89. The van der Waals surface area contributed by atoms with Gasteiger partial charge in [-0.3, -0.25) is 0 Å². The molecule has 1 aromatic heterocycles. The Morgan fingerprint density at radius 2 is 2.00 bits per heavy atom. The zero-order valence-corrected chi connectivity index (χ0v) is 11.8. The lowest BCUT2D eigenvalue weighted by Gasteiger charge is -2.19. The fourth-order valence-electron chi connectivity index (χ4n) is 1.90. The molecular formula is C15H21NO2. The average Bonchev–Trinajstić information content (AvgIpc) is 2.62. The van der Waals surface area contributed by atoms with E-state index in [4.69, 9.17) is 9.15 Å². The Hall–Kier alpha value is -1.48. The van der Waals surface area contributed by atoms with Gasteiger partial charge in [-0.2, -0.15) is 0 Å². The van der Waals surface area contributed by atoms with Crippen LogP contribution >= 0.6 is 0 Å². The highest BCUT2D eigenvalue weighted by Gasteiger charge is 2.14. The van der Waals surface area contributed by atoms with E-state index in [0.717, 1.165) is 29.0 Å². The summed E-state index contributed by atoms with van der Waals surface area (Å²) < 4.78 is 11.1. The van der Waals surface area contributed by atoms with E-state index in [1.54, 1.807) is 7.11 Å². The summed E-state index contributed by atoms with van der Waals surface area (Å²) in [5.74, 6) is 1.82. The number of rotatable bonds is 3. The molecule has 0 radical (unpaired) electrons. The fraction of sp³-hybridized carbons (Fsp3) is 0.467. The lowest BCUT2D eigenvalue weighted by molar-refractivity contribution is 0.392. The van der Waals surface area contributed by atoms with Crippen molar-refractivity contribution in [2.75, 3.05) is 7.11 Å². The Balaban J connectivity index is 2.32. The molecular weight excluding hydrogens is 226 g/mol. The van der Waals surface area contributed by atoms with Gasteiger partial charge in [-0.15, -0.1) is 0 Å². The number of aryl methyl sites for hydroxylation is 1. The number of hydrogen-bond donors (Lipinski definition) is 1. The summed E-state index contributed by atoms with van der Waals surface area (Å²) >= 11 is 0. The highest BCUT2D eigenvalue weighted by Crippen LogP contribution is 2.28. The standard InChI is InChI=1S/C15H21NO2/c1-10-12-7-6-11(17-5)8-13(12)18-14(10)9-16-15(2,3)4/h6-8,16H,9H2,1-5H3. The zero-order chi connectivity index (χ0) is 13.3. The summed E-state index contributed by atoms with van der Waals surface area (Å²) in [5.41, 5.74) is 2.17. The number of benzene rings is 1. The van der Waals surface area contributed by atoms with E-state index in [-0.39, 0.29) is 5.54 Å².